The van der Waals surface area contributed by atoms with E-state index in [9.17, 15) is 9.59 Å². The van der Waals surface area contributed by atoms with Crippen molar-refractivity contribution in [2.75, 3.05) is 29.0 Å². The Morgan fingerprint density at radius 2 is 1.81 bits per heavy atom. The molecule has 2 fully saturated rings. The summed E-state index contributed by atoms with van der Waals surface area (Å²) < 4.78 is 0. The lowest BCUT2D eigenvalue weighted by molar-refractivity contribution is -0.148. The summed E-state index contributed by atoms with van der Waals surface area (Å²) in [7, 11) is 0. The van der Waals surface area contributed by atoms with E-state index in [0.29, 0.717) is 28.8 Å². The lowest BCUT2D eigenvalue weighted by Gasteiger charge is -2.59. The number of hydrogen-bond acceptors (Lipinski definition) is 6. The number of hydrogen-bond donors (Lipinski definition) is 3. The van der Waals surface area contributed by atoms with Gasteiger partial charge in [-0.15, -0.1) is 0 Å². The van der Waals surface area contributed by atoms with Crippen LogP contribution in [0.3, 0.4) is 0 Å². The van der Waals surface area contributed by atoms with Crippen LogP contribution in [0, 0.1) is 19.3 Å². The Morgan fingerprint density at radius 1 is 1.05 bits per heavy atom. The number of amides is 2. The van der Waals surface area contributed by atoms with Crippen LogP contribution < -0.4 is 16.0 Å². The maximum absolute atomic E-state index is 11.6. The van der Waals surface area contributed by atoms with Crippen molar-refractivity contribution in [1.82, 2.24) is 14.9 Å². The number of anilines is 5. The van der Waals surface area contributed by atoms with Crippen molar-refractivity contribution in [3.8, 4) is 0 Å². The van der Waals surface area contributed by atoms with Crippen molar-refractivity contribution in [3.63, 3.8) is 0 Å². The molecule has 0 atom stereocenters. The zero-order valence-electron chi connectivity index (χ0n) is 21.5. The highest BCUT2D eigenvalue weighted by Gasteiger charge is 2.53. The molecule has 2 aliphatic rings. The van der Waals surface area contributed by atoms with Crippen molar-refractivity contribution in [2.45, 2.75) is 39.5 Å². The SMILES string of the molecule is C=CC(=O)Nc1cccc(Nc2nc(Nc3ccc(C4CC5(C4)CN(C(C)=O)C5)cc3C)ncc2C)c1. The molecule has 1 aliphatic carbocycles. The minimum Gasteiger partial charge on any atom is -0.342 e. The van der Waals surface area contributed by atoms with Gasteiger partial charge in [-0.1, -0.05) is 24.8 Å². The Kier molecular flexibility index (Phi) is 6.41. The molecule has 190 valence electrons. The highest BCUT2D eigenvalue weighted by Crippen LogP contribution is 2.56. The first kappa shape index (κ1) is 24.5. The highest BCUT2D eigenvalue weighted by molar-refractivity contribution is 5.99. The Bertz CT molecular complexity index is 1370. The molecule has 0 bridgehead atoms. The number of nitrogens with one attached hydrogen (secondary N) is 3. The predicted molar refractivity (Wildman–Crippen MR) is 146 cm³/mol. The first-order valence-corrected chi connectivity index (χ1v) is 12.5. The number of nitrogens with zero attached hydrogens (tertiary/aromatic N) is 3. The van der Waals surface area contributed by atoms with Crippen LogP contribution in [0.15, 0.2) is 61.3 Å². The van der Waals surface area contributed by atoms with Crippen LogP contribution >= 0.6 is 0 Å². The van der Waals surface area contributed by atoms with Gasteiger partial charge in [0, 0.05) is 54.3 Å². The molecule has 2 aromatic carbocycles. The zero-order chi connectivity index (χ0) is 26.2. The Labute approximate surface area is 217 Å². The van der Waals surface area contributed by atoms with E-state index in [0.717, 1.165) is 48.4 Å². The van der Waals surface area contributed by atoms with Crippen LogP contribution in [-0.4, -0.2) is 39.8 Å². The van der Waals surface area contributed by atoms with E-state index in [1.54, 1.807) is 13.1 Å². The van der Waals surface area contributed by atoms with Crippen LogP contribution in [0.2, 0.25) is 0 Å². The molecule has 8 nitrogen and oxygen atoms in total. The van der Waals surface area contributed by atoms with Gasteiger partial charge in [-0.25, -0.2) is 4.98 Å². The van der Waals surface area contributed by atoms with Crippen LogP contribution in [-0.2, 0) is 9.59 Å². The Balaban J connectivity index is 1.24. The van der Waals surface area contributed by atoms with Crippen LogP contribution in [0.5, 0.6) is 0 Å². The number of likely N-dealkylation sites (tertiary alicyclic amines) is 1. The molecule has 3 N–H and O–H groups in total. The van der Waals surface area contributed by atoms with E-state index in [-0.39, 0.29) is 11.8 Å². The Hall–Kier alpha value is -4.20. The fraction of sp³-hybridized carbons (Fsp3) is 0.310. The topological polar surface area (TPSA) is 99.2 Å². The number of aryl methyl sites for hydroxylation is 2. The molecule has 1 saturated carbocycles. The molecule has 0 unspecified atom stereocenters. The van der Waals surface area contributed by atoms with Crippen molar-refractivity contribution >= 4 is 40.6 Å². The van der Waals surface area contributed by atoms with E-state index in [1.165, 1.54) is 11.6 Å². The fourth-order valence-electron chi connectivity index (χ4n) is 5.30. The van der Waals surface area contributed by atoms with Gasteiger partial charge in [0.15, 0.2) is 0 Å². The second kappa shape index (κ2) is 9.69. The highest BCUT2D eigenvalue weighted by atomic mass is 16.2. The minimum absolute atomic E-state index is 0.183. The summed E-state index contributed by atoms with van der Waals surface area (Å²) >= 11 is 0. The molecule has 3 aromatic rings. The normalized spacial score (nSPS) is 15.9. The van der Waals surface area contributed by atoms with Gasteiger partial charge in [0.1, 0.15) is 5.82 Å². The van der Waals surface area contributed by atoms with Gasteiger partial charge >= 0.3 is 0 Å². The summed E-state index contributed by atoms with van der Waals surface area (Å²) in [6, 6.07) is 13.9. The van der Waals surface area contributed by atoms with Gasteiger partial charge in [-0.05, 0) is 74.1 Å². The van der Waals surface area contributed by atoms with Gasteiger partial charge < -0.3 is 20.9 Å². The molecule has 2 amide bonds. The van der Waals surface area contributed by atoms with Crippen LogP contribution in [0.1, 0.15) is 42.4 Å². The molecule has 37 heavy (non-hydrogen) atoms. The minimum atomic E-state index is -0.261. The van der Waals surface area contributed by atoms with E-state index < -0.39 is 0 Å². The molecule has 8 heteroatoms. The first-order chi connectivity index (χ1) is 17.7. The number of aromatic nitrogens is 2. The van der Waals surface area contributed by atoms with Gasteiger partial charge in [0.2, 0.25) is 17.8 Å². The van der Waals surface area contributed by atoms with Gasteiger partial charge in [-0.3, -0.25) is 9.59 Å². The summed E-state index contributed by atoms with van der Waals surface area (Å²) in [5.74, 6) is 1.66. The van der Waals surface area contributed by atoms with Crippen LogP contribution in [0.4, 0.5) is 28.8 Å². The number of carbonyl (C=O) groups is 2. The van der Waals surface area contributed by atoms with E-state index >= 15 is 0 Å². The lowest BCUT2D eigenvalue weighted by Crippen LogP contribution is -2.62. The molecule has 5 rings (SSSR count). The van der Waals surface area contributed by atoms with Crippen molar-refractivity contribution in [2.24, 2.45) is 5.41 Å². The van der Waals surface area contributed by atoms with E-state index in [1.807, 2.05) is 36.1 Å². The summed E-state index contributed by atoms with van der Waals surface area (Å²) in [6.45, 7) is 11.0. The van der Waals surface area contributed by atoms with Crippen molar-refractivity contribution < 1.29 is 9.59 Å². The summed E-state index contributed by atoms with van der Waals surface area (Å²) in [5.41, 5.74) is 6.17. The molecule has 1 aromatic heterocycles. The monoisotopic (exact) mass is 496 g/mol. The van der Waals surface area contributed by atoms with E-state index in [2.05, 4.69) is 57.6 Å². The molecule has 0 radical (unpaired) electrons. The zero-order valence-corrected chi connectivity index (χ0v) is 21.5. The van der Waals surface area contributed by atoms with E-state index in [4.69, 9.17) is 0 Å². The lowest BCUT2D eigenvalue weighted by atomic mass is 9.56. The third-order valence-corrected chi connectivity index (χ3v) is 7.37. The Morgan fingerprint density at radius 3 is 2.51 bits per heavy atom. The number of carbonyl (C=O) groups excluding carboxylic acids is 2. The third kappa shape index (κ3) is 5.18. The predicted octanol–water partition coefficient (Wildman–Crippen LogP) is 5.43. The largest absolute Gasteiger partial charge is 0.342 e. The van der Waals surface area contributed by atoms with Crippen LogP contribution in [0.25, 0.3) is 0 Å². The standard InChI is InChI=1S/C29H32N6O2/c1-5-26(37)31-23-7-6-8-24(12-23)32-27-19(3)15-30-28(34-27)33-25-10-9-21(11-18(25)2)22-13-29(14-22)16-35(17-29)20(4)36/h5-12,15,22H,1,13-14,16-17H2,2-4H3,(H,31,37)(H2,30,32,33,34). The van der Waals surface area contributed by atoms with Crippen molar-refractivity contribution in [1.29, 1.82) is 0 Å². The number of benzene rings is 2. The molecule has 1 aliphatic heterocycles. The molecule has 1 spiro atoms. The summed E-state index contributed by atoms with van der Waals surface area (Å²) in [5, 5.41) is 9.44. The summed E-state index contributed by atoms with van der Waals surface area (Å²) in [6.07, 6.45) is 5.32. The second-order valence-electron chi connectivity index (χ2n) is 10.3. The summed E-state index contributed by atoms with van der Waals surface area (Å²) in [4.78, 5) is 34.2. The van der Waals surface area contributed by atoms with Gasteiger partial charge in [0.25, 0.3) is 0 Å². The molecular formula is C29H32N6O2. The smallest absolute Gasteiger partial charge is 0.247 e. The average molecular weight is 497 g/mol. The van der Waals surface area contributed by atoms with Gasteiger partial charge in [-0.2, -0.15) is 4.98 Å². The average Bonchev–Trinajstić information content (AvgIpc) is 2.81. The van der Waals surface area contributed by atoms with Gasteiger partial charge in [0.05, 0.1) is 0 Å². The molecule has 2 heterocycles. The molecule has 1 saturated heterocycles. The molecular weight excluding hydrogens is 464 g/mol. The maximum atomic E-state index is 11.6. The number of rotatable bonds is 7. The third-order valence-electron chi connectivity index (χ3n) is 7.37. The first-order valence-electron chi connectivity index (χ1n) is 12.5. The quantitative estimate of drug-likeness (QED) is 0.377. The van der Waals surface area contributed by atoms with Crippen molar-refractivity contribution in [3.05, 3.63) is 78.0 Å². The second-order valence-corrected chi connectivity index (χ2v) is 10.3. The fourth-order valence-corrected chi connectivity index (χ4v) is 5.30. The maximum Gasteiger partial charge on any atom is 0.247 e.